The number of carbonyl (C=O) groups is 2. The van der Waals surface area contributed by atoms with Crippen molar-refractivity contribution < 1.29 is 18.0 Å². The molecule has 1 aliphatic rings. The number of sulfonamides is 1. The molecular weight excluding hydrogens is 402 g/mol. The van der Waals surface area contributed by atoms with E-state index in [0.29, 0.717) is 18.7 Å². The van der Waals surface area contributed by atoms with Crippen molar-refractivity contribution in [3.63, 3.8) is 0 Å². The maximum atomic E-state index is 12.7. The second-order valence-corrected chi connectivity index (χ2v) is 9.36. The number of likely N-dealkylation sites (N-methyl/N-ethyl adjacent to an activating group) is 1. The molecule has 0 aromatic heterocycles. The van der Waals surface area contributed by atoms with Crippen molar-refractivity contribution in [1.82, 2.24) is 14.5 Å². The molecule has 0 atom stereocenters. The third kappa shape index (κ3) is 5.75. The molecule has 1 aliphatic heterocycles. The minimum absolute atomic E-state index is 0.0655. The van der Waals surface area contributed by atoms with Gasteiger partial charge in [0.15, 0.2) is 5.78 Å². The number of nitrogens with one attached hydrogen (secondary N) is 1. The zero-order chi connectivity index (χ0) is 21.6. The van der Waals surface area contributed by atoms with Crippen LogP contribution in [0.3, 0.4) is 0 Å². The highest BCUT2D eigenvalue weighted by atomic mass is 32.2. The molecule has 30 heavy (non-hydrogen) atoms. The average molecular weight is 430 g/mol. The fourth-order valence-electron chi connectivity index (χ4n) is 3.24. The second-order valence-electron chi connectivity index (χ2n) is 7.42. The lowest BCUT2D eigenvalue weighted by Gasteiger charge is -2.31. The van der Waals surface area contributed by atoms with Crippen LogP contribution < -0.4 is 5.32 Å². The Morgan fingerprint density at radius 3 is 2.17 bits per heavy atom. The summed E-state index contributed by atoms with van der Waals surface area (Å²) in [5.41, 5.74) is 1.40. The number of amides is 1. The molecule has 160 valence electrons. The van der Waals surface area contributed by atoms with Gasteiger partial charge in [-0.3, -0.25) is 9.59 Å². The van der Waals surface area contributed by atoms with E-state index in [-0.39, 0.29) is 36.0 Å². The van der Waals surface area contributed by atoms with Crippen molar-refractivity contribution in [2.75, 3.05) is 33.2 Å². The molecule has 1 heterocycles. The predicted molar refractivity (Wildman–Crippen MR) is 115 cm³/mol. The Hall–Kier alpha value is -2.55. The monoisotopic (exact) mass is 429 g/mol. The van der Waals surface area contributed by atoms with Gasteiger partial charge in [0.2, 0.25) is 15.9 Å². The molecule has 3 rings (SSSR count). The van der Waals surface area contributed by atoms with Gasteiger partial charge in [-0.05, 0) is 24.7 Å². The molecule has 1 fully saturated rings. The van der Waals surface area contributed by atoms with Gasteiger partial charge in [0, 0.05) is 51.1 Å². The molecule has 0 unspecified atom stereocenters. The molecule has 0 saturated carbocycles. The smallest absolute Gasteiger partial charge is 0.243 e. The van der Waals surface area contributed by atoms with Crippen molar-refractivity contribution in [3.05, 3.63) is 65.7 Å². The van der Waals surface area contributed by atoms with Gasteiger partial charge in [0.1, 0.15) is 0 Å². The van der Waals surface area contributed by atoms with Crippen molar-refractivity contribution in [2.24, 2.45) is 0 Å². The highest BCUT2D eigenvalue weighted by molar-refractivity contribution is 7.89. The Labute approximate surface area is 177 Å². The van der Waals surface area contributed by atoms with Gasteiger partial charge in [0.05, 0.1) is 4.90 Å². The van der Waals surface area contributed by atoms with Crippen LogP contribution in [0.4, 0.5) is 0 Å². The van der Waals surface area contributed by atoms with E-state index < -0.39 is 10.0 Å². The average Bonchev–Trinajstić information content (AvgIpc) is 2.77. The molecule has 7 nitrogen and oxygen atoms in total. The van der Waals surface area contributed by atoms with E-state index in [4.69, 9.17) is 0 Å². The third-order valence-electron chi connectivity index (χ3n) is 5.19. The summed E-state index contributed by atoms with van der Waals surface area (Å²) >= 11 is 0. The molecule has 0 spiro atoms. The van der Waals surface area contributed by atoms with Gasteiger partial charge in [-0.25, -0.2) is 8.42 Å². The van der Waals surface area contributed by atoms with Crippen LogP contribution in [-0.4, -0.2) is 62.5 Å². The highest BCUT2D eigenvalue weighted by Crippen LogP contribution is 2.18. The summed E-state index contributed by atoms with van der Waals surface area (Å²) in [6.07, 6.45) is 0.266. The van der Waals surface area contributed by atoms with Crippen LogP contribution >= 0.6 is 0 Å². The number of hydrogen-bond acceptors (Lipinski definition) is 5. The second kappa shape index (κ2) is 9.97. The van der Waals surface area contributed by atoms with Crippen molar-refractivity contribution >= 4 is 21.7 Å². The van der Waals surface area contributed by atoms with Gasteiger partial charge in [-0.15, -0.1) is 0 Å². The van der Waals surface area contributed by atoms with E-state index in [1.54, 1.807) is 48.5 Å². The first-order valence-corrected chi connectivity index (χ1v) is 11.4. The van der Waals surface area contributed by atoms with E-state index in [2.05, 4.69) is 10.2 Å². The van der Waals surface area contributed by atoms with Crippen molar-refractivity contribution in [3.8, 4) is 0 Å². The fourth-order valence-corrected chi connectivity index (χ4v) is 4.66. The number of hydrogen-bond donors (Lipinski definition) is 1. The van der Waals surface area contributed by atoms with Crippen LogP contribution in [0.25, 0.3) is 0 Å². The first-order chi connectivity index (χ1) is 14.4. The molecule has 2 aromatic carbocycles. The molecule has 0 bridgehead atoms. The predicted octanol–water partition coefficient (Wildman–Crippen LogP) is 1.90. The van der Waals surface area contributed by atoms with Gasteiger partial charge in [-0.2, -0.15) is 4.31 Å². The summed E-state index contributed by atoms with van der Waals surface area (Å²) in [5.74, 6) is -0.280. The van der Waals surface area contributed by atoms with Gasteiger partial charge in [0.25, 0.3) is 0 Å². The topological polar surface area (TPSA) is 86.8 Å². The number of piperazine rings is 1. The Morgan fingerprint density at radius 2 is 1.53 bits per heavy atom. The minimum atomic E-state index is -3.50. The number of rotatable bonds is 8. The summed E-state index contributed by atoms with van der Waals surface area (Å²) < 4.78 is 27.0. The maximum Gasteiger partial charge on any atom is 0.243 e. The van der Waals surface area contributed by atoms with E-state index in [0.717, 1.165) is 18.7 Å². The number of nitrogens with zero attached hydrogens (tertiary/aromatic N) is 2. The summed E-state index contributed by atoms with van der Waals surface area (Å²) in [6.45, 7) is 2.69. The molecule has 1 saturated heterocycles. The lowest BCUT2D eigenvalue weighted by Crippen LogP contribution is -2.47. The minimum Gasteiger partial charge on any atom is -0.352 e. The zero-order valence-electron chi connectivity index (χ0n) is 17.1. The number of benzene rings is 2. The number of carbonyl (C=O) groups excluding carboxylic acids is 2. The van der Waals surface area contributed by atoms with Gasteiger partial charge >= 0.3 is 0 Å². The third-order valence-corrected chi connectivity index (χ3v) is 7.10. The lowest BCUT2D eigenvalue weighted by atomic mass is 10.1. The standard InChI is InChI=1S/C22H27N3O4S/c1-24-13-15-25(16-14-24)30(28,29)20-9-7-18(8-10-20)17-23-22(27)12-11-21(26)19-5-3-2-4-6-19/h2-10H,11-17H2,1H3,(H,23,27). The van der Waals surface area contributed by atoms with Crippen LogP contribution in [0.2, 0.25) is 0 Å². The molecular formula is C22H27N3O4S. The molecule has 8 heteroatoms. The molecule has 1 amide bonds. The maximum absolute atomic E-state index is 12.7. The molecule has 0 radical (unpaired) electrons. The van der Waals surface area contributed by atoms with Gasteiger partial charge in [-0.1, -0.05) is 42.5 Å². The summed E-state index contributed by atoms with van der Waals surface area (Å²) in [5, 5.41) is 2.78. The lowest BCUT2D eigenvalue weighted by molar-refractivity contribution is -0.121. The SMILES string of the molecule is CN1CCN(S(=O)(=O)c2ccc(CNC(=O)CCC(=O)c3ccccc3)cc2)CC1. The summed E-state index contributed by atoms with van der Waals surface area (Å²) in [6, 6.07) is 15.5. The largest absolute Gasteiger partial charge is 0.352 e. The van der Waals surface area contributed by atoms with Crippen LogP contribution in [0, 0.1) is 0 Å². The Morgan fingerprint density at radius 1 is 0.900 bits per heavy atom. The van der Waals surface area contributed by atoms with Crippen LogP contribution in [0.1, 0.15) is 28.8 Å². The molecule has 1 N–H and O–H groups in total. The van der Waals surface area contributed by atoms with Crippen molar-refractivity contribution in [1.29, 1.82) is 0 Å². The van der Waals surface area contributed by atoms with E-state index in [1.165, 1.54) is 4.31 Å². The number of Topliss-reactive ketones (excluding diaryl/α,β-unsaturated/α-hetero) is 1. The summed E-state index contributed by atoms with van der Waals surface area (Å²) in [4.78, 5) is 26.5. The molecule has 0 aliphatic carbocycles. The normalized spacial score (nSPS) is 15.6. The van der Waals surface area contributed by atoms with E-state index in [9.17, 15) is 18.0 Å². The number of ketones is 1. The van der Waals surface area contributed by atoms with Crippen LogP contribution in [0.15, 0.2) is 59.5 Å². The zero-order valence-corrected chi connectivity index (χ0v) is 17.9. The van der Waals surface area contributed by atoms with Crippen LogP contribution in [-0.2, 0) is 21.4 Å². The van der Waals surface area contributed by atoms with E-state index in [1.807, 2.05) is 13.1 Å². The van der Waals surface area contributed by atoms with Crippen molar-refractivity contribution in [2.45, 2.75) is 24.3 Å². The molecule has 2 aromatic rings. The first-order valence-electron chi connectivity index (χ1n) is 9.99. The Balaban J connectivity index is 1.48. The first kappa shape index (κ1) is 22.1. The van der Waals surface area contributed by atoms with Crippen LogP contribution in [0.5, 0.6) is 0 Å². The Bertz CT molecular complexity index is 967. The Kier molecular flexibility index (Phi) is 7.36. The van der Waals surface area contributed by atoms with E-state index >= 15 is 0 Å². The highest BCUT2D eigenvalue weighted by Gasteiger charge is 2.27. The quantitative estimate of drug-likeness (QED) is 0.648. The fraction of sp³-hybridized carbons (Fsp3) is 0.364. The summed E-state index contributed by atoms with van der Waals surface area (Å²) in [7, 11) is -1.52. The van der Waals surface area contributed by atoms with Gasteiger partial charge < -0.3 is 10.2 Å².